The second-order valence-corrected chi connectivity index (χ2v) is 3.58. The summed E-state index contributed by atoms with van der Waals surface area (Å²) in [5, 5.41) is 1.15. The molecule has 0 aliphatic carbocycles. The highest BCUT2D eigenvalue weighted by molar-refractivity contribution is 6.38. The van der Waals surface area contributed by atoms with Crippen molar-refractivity contribution in [1.29, 1.82) is 0 Å². The van der Waals surface area contributed by atoms with E-state index < -0.39 is 0 Å². The predicted octanol–water partition coefficient (Wildman–Crippen LogP) is 2.88. The molecule has 0 amide bonds. The molecule has 0 heterocycles. The summed E-state index contributed by atoms with van der Waals surface area (Å²) in [4.78, 5) is 4.04. The minimum Gasteiger partial charge on any atom is -0.401 e. The van der Waals surface area contributed by atoms with Gasteiger partial charge in [0.2, 0.25) is 0 Å². The van der Waals surface area contributed by atoms with Gasteiger partial charge in [0.05, 0.1) is 16.6 Å². The Kier molecular flexibility index (Phi) is 3.98. The Hall–Kier alpha value is -0.990. The summed E-state index contributed by atoms with van der Waals surface area (Å²) in [6.45, 7) is 3.91. The first-order chi connectivity index (χ1) is 6.61. The van der Waals surface area contributed by atoms with Gasteiger partial charge in [-0.3, -0.25) is 4.99 Å². The van der Waals surface area contributed by atoms with E-state index in [-0.39, 0.29) is 0 Å². The van der Waals surface area contributed by atoms with Crippen LogP contribution in [-0.2, 0) is 0 Å². The Morgan fingerprint density at radius 2 is 2.00 bits per heavy atom. The first kappa shape index (κ1) is 11.1. The third-order valence-corrected chi connectivity index (χ3v) is 2.17. The van der Waals surface area contributed by atoms with Crippen LogP contribution in [0.5, 0.6) is 0 Å². The number of hydrogen-bond acceptors (Lipinski definition) is 2. The molecule has 0 unspecified atom stereocenters. The van der Waals surface area contributed by atoms with E-state index in [4.69, 9.17) is 28.9 Å². The zero-order valence-electron chi connectivity index (χ0n) is 7.50. The standard InChI is InChI=1S/C10H10Cl2N2/c1-7(13)5-14-6-8-9(11)3-2-4-10(8)12/h2-4,6H,1,5,13H2. The van der Waals surface area contributed by atoms with Crippen LogP contribution >= 0.6 is 23.2 Å². The molecule has 0 aromatic heterocycles. The fourth-order valence-electron chi connectivity index (χ4n) is 0.888. The molecule has 14 heavy (non-hydrogen) atoms. The second kappa shape index (κ2) is 5.03. The van der Waals surface area contributed by atoms with Gasteiger partial charge in [0, 0.05) is 17.5 Å². The largest absolute Gasteiger partial charge is 0.401 e. The summed E-state index contributed by atoms with van der Waals surface area (Å²) < 4.78 is 0. The van der Waals surface area contributed by atoms with Gasteiger partial charge in [-0.25, -0.2) is 0 Å². The molecule has 1 aromatic carbocycles. The average molecular weight is 229 g/mol. The van der Waals surface area contributed by atoms with Gasteiger partial charge in [-0.1, -0.05) is 35.8 Å². The molecule has 0 spiro atoms. The summed E-state index contributed by atoms with van der Waals surface area (Å²) in [5.41, 5.74) is 6.57. The highest BCUT2D eigenvalue weighted by Crippen LogP contribution is 2.22. The van der Waals surface area contributed by atoms with E-state index >= 15 is 0 Å². The third kappa shape index (κ3) is 3.05. The Morgan fingerprint density at radius 1 is 1.43 bits per heavy atom. The summed E-state index contributed by atoms with van der Waals surface area (Å²) in [5.74, 6) is 0. The second-order valence-electron chi connectivity index (χ2n) is 2.76. The molecular formula is C10H10Cl2N2. The van der Waals surface area contributed by atoms with E-state index in [1.54, 1.807) is 24.4 Å². The molecule has 0 saturated carbocycles. The van der Waals surface area contributed by atoms with Gasteiger partial charge in [-0.2, -0.15) is 0 Å². The van der Waals surface area contributed by atoms with E-state index in [2.05, 4.69) is 11.6 Å². The topological polar surface area (TPSA) is 38.4 Å². The molecule has 2 nitrogen and oxygen atoms in total. The van der Waals surface area contributed by atoms with Crippen molar-refractivity contribution in [1.82, 2.24) is 0 Å². The molecule has 1 rings (SSSR count). The van der Waals surface area contributed by atoms with Gasteiger partial charge in [0.25, 0.3) is 0 Å². The fraction of sp³-hybridized carbons (Fsp3) is 0.100. The van der Waals surface area contributed by atoms with E-state index in [9.17, 15) is 0 Å². The molecule has 0 aliphatic rings. The van der Waals surface area contributed by atoms with Crippen molar-refractivity contribution in [3.05, 3.63) is 46.1 Å². The van der Waals surface area contributed by atoms with E-state index in [0.717, 1.165) is 0 Å². The molecule has 0 aliphatic heterocycles. The van der Waals surface area contributed by atoms with Crippen LogP contribution in [0.2, 0.25) is 10.0 Å². The van der Waals surface area contributed by atoms with Crippen LogP contribution < -0.4 is 5.73 Å². The lowest BCUT2D eigenvalue weighted by molar-refractivity contribution is 1.12. The van der Waals surface area contributed by atoms with Crippen molar-refractivity contribution in [2.24, 2.45) is 10.7 Å². The minimum atomic E-state index is 0.377. The third-order valence-electron chi connectivity index (χ3n) is 1.51. The molecule has 0 bridgehead atoms. The van der Waals surface area contributed by atoms with Crippen LogP contribution in [0.4, 0.5) is 0 Å². The van der Waals surface area contributed by atoms with Crippen LogP contribution in [0.15, 0.2) is 35.5 Å². The van der Waals surface area contributed by atoms with Crippen LogP contribution in [-0.4, -0.2) is 12.8 Å². The molecule has 4 heteroatoms. The van der Waals surface area contributed by atoms with Crippen LogP contribution in [0, 0.1) is 0 Å². The number of aliphatic imine (C=N–C) groups is 1. The molecule has 0 fully saturated rings. The van der Waals surface area contributed by atoms with Crippen LogP contribution in [0.3, 0.4) is 0 Å². The van der Waals surface area contributed by atoms with Gasteiger partial charge in [-0.15, -0.1) is 0 Å². The van der Waals surface area contributed by atoms with E-state index in [1.165, 1.54) is 0 Å². The lowest BCUT2D eigenvalue weighted by Crippen LogP contribution is -1.98. The monoisotopic (exact) mass is 228 g/mol. The Bertz CT molecular complexity index is 352. The lowest BCUT2D eigenvalue weighted by Gasteiger charge is -1.99. The van der Waals surface area contributed by atoms with Gasteiger partial charge >= 0.3 is 0 Å². The number of hydrogen-bond donors (Lipinski definition) is 1. The fourth-order valence-corrected chi connectivity index (χ4v) is 1.38. The minimum absolute atomic E-state index is 0.377. The summed E-state index contributed by atoms with van der Waals surface area (Å²) in [7, 11) is 0. The number of nitrogens with zero attached hydrogens (tertiary/aromatic N) is 1. The first-order valence-electron chi connectivity index (χ1n) is 3.98. The quantitative estimate of drug-likeness (QED) is 0.795. The summed E-state index contributed by atoms with van der Waals surface area (Å²) in [6.07, 6.45) is 1.60. The Balaban J connectivity index is 2.85. The van der Waals surface area contributed by atoms with Crippen molar-refractivity contribution in [3.63, 3.8) is 0 Å². The number of nitrogens with two attached hydrogens (primary N) is 1. The lowest BCUT2D eigenvalue weighted by atomic mass is 10.2. The number of halogens is 2. The van der Waals surface area contributed by atoms with E-state index in [1.807, 2.05) is 0 Å². The number of benzene rings is 1. The zero-order valence-corrected chi connectivity index (χ0v) is 9.02. The molecule has 1 aromatic rings. The van der Waals surface area contributed by atoms with Crippen molar-refractivity contribution in [3.8, 4) is 0 Å². The Morgan fingerprint density at radius 3 is 2.50 bits per heavy atom. The maximum atomic E-state index is 5.92. The van der Waals surface area contributed by atoms with Gasteiger partial charge in [0.1, 0.15) is 0 Å². The van der Waals surface area contributed by atoms with Crippen LogP contribution in [0.1, 0.15) is 5.56 Å². The highest BCUT2D eigenvalue weighted by Gasteiger charge is 2.01. The molecule has 2 N–H and O–H groups in total. The van der Waals surface area contributed by atoms with Crippen molar-refractivity contribution < 1.29 is 0 Å². The molecule has 0 saturated heterocycles. The molecular weight excluding hydrogens is 219 g/mol. The smallest absolute Gasteiger partial charge is 0.0778 e. The van der Waals surface area contributed by atoms with Crippen LogP contribution in [0.25, 0.3) is 0 Å². The highest BCUT2D eigenvalue weighted by atomic mass is 35.5. The molecule has 74 valence electrons. The SMILES string of the molecule is C=C(N)CN=Cc1c(Cl)cccc1Cl. The van der Waals surface area contributed by atoms with Gasteiger partial charge < -0.3 is 5.73 Å². The first-order valence-corrected chi connectivity index (χ1v) is 4.74. The molecule has 0 atom stereocenters. The average Bonchev–Trinajstić information content (AvgIpc) is 2.09. The van der Waals surface area contributed by atoms with Gasteiger partial charge in [0.15, 0.2) is 0 Å². The number of rotatable bonds is 3. The summed E-state index contributed by atoms with van der Waals surface area (Å²) in [6, 6.07) is 5.29. The molecule has 0 radical (unpaired) electrons. The normalized spacial score (nSPS) is 10.7. The maximum absolute atomic E-state index is 5.92. The predicted molar refractivity (Wildman–Crippen MR) is 62.3 cm³/mol. The van der Waals surface area contributed by atoms with E-state index in [0.29, 0.717) is 27.9 Å². The zero-order chi connectivity index (χ0) is 10.6. The van der Waals surface area contributed by atoms with Gasteiger partial charge in [-0.05, 0) is 12.1 Å². The Labute approximate surface area is 93.0 Å². The van der Waals surface area contributed by atoms with Crippen molar-refractivity contribution in [2.45, 2.75) is 0 Å². The maximum Gasteiger partial charge on any atom is 0.0778 e. The van der Waals surface area contributed by atoms with Crippen molar-refractivity contribution in [2.75, 3.05) is 6.54 Å². The summed E-state index contributed by atoms with van der Waals surface area (Å²) >= 11 is 11.8. The van der Waals surface area contributed by atoms with Crippen molar-refractivity contribution >= 4 is 29.4 Å².